The summed E-state index contributed by atoms with van der Waals surface area (Å²) in [6.07, 6.45) is 4.48. The predicted octanol–water partition coefficient (Wildman–Crippen LogP) is 5.82. The van der Waals surface area contributed by atoms with Crippen LogP contribution in [0.25, 0.3) is 27.6 Å². The van der Waals surface area contributed by atoms with Gasteiger partial charge in [0.15, 0.2) is 5.78 Å². The highest BCUT2D eigenvalue weighted by Gasteiger charge is 2.14. The van der Waals surface area contributed by atoms with Crippen molar-refractivity contribution in [3.63, 3.8) is 0 Å². The molecule has 2 heteroatoms. The fourth-order valence-corrected chi connectivity index (χ4v) is 3.82. The zero-order valence-electron chi connectivity index (χ0n) is 14.8. The third-order valence-electron chi connectivity index (χ3n) is 5.19. The van der Waals surface area contributed by atoms with Crippen LogP contribution in [0.15, 0.2) is 78.9 Å². The Morgan fingerprint density at radius 2 is 1.63 bits per heavy atom. The first kappa shape index (κ1) is 15.8. The summed E-state index contributed by atoms with van der Waals surface area (Å²) in [6.45, 7) is 0.700. The number of ketones is 1. The van der Waals surface area contributed by atoms with Crippen LogP contribution in [-0.2, 0) is 6.42 Å². The maximum absolute atomic E-state index is 12.7. The van der Waals surface area contributed by atoms with Crippen molar-refractivity contribution < 1.29 is 9.53 Å². The fraction of sp³-hybridized carbons (Fsp3) is 0.0800. The van der Waals surface area contributed by atoms with Crippen LogP contribution in [0.3, 0.4) is 0 Å². The Morgan fingerprint density at radius 1 is 0.852 bits per heavy atom. The molecular formula is C25H18O2. The zero-order chi connectivity index (χ0) is 18.2. The van der Waals surface area contributed by atoms with E-state index in [2.05, 4.69) is 42.5 Å². The van der Waals surface area contributed by atoms with E-state index >= 15 is 0 Å². The van der Waals surface area contributed by atoms with E-state index in [9.17, 15) is 4.79 Å². The molecule has 1 aliphatic heterocycles. The van der Waals surface area contributed by atoms with E-state index in [0.29, 0.717) is 12.2 Å². The van der Waals surface area contributed by atoms with Crippen LogP contribution in [0.4, 0.5) is 0 Å². The summed E-state index contributed by atoms with van der Waals surface area (Å²) in [7, 11) is 0. The molecular weight excluding hydrogens is 332 g/mol. The lowest BCUT2D eigenvalue weighted by atomic mass is 9.96. The standard InChI is InChI=1S/C25H18O2/c26-24(19-10-12-25-20(16-19)13-14-27-25)11-9-18-15-17-5-1-2-6-21(17)23-8-4-3-7-22(18)23/h1-12,15-16H,13-14H2/b11-9+. The smallest absolute Gasteiger partial charge is 0.185 e. The van der Waals surface area contributed by atoms with E-state index in [1.165, 1.54) is 16.2 Å². The van der Waals surface area contributed by atoms with Crippen molar-refractivity contribution in [2.45, 2.75) is 6.42 Å². The summed E-state index contributed by atoms with van der Waals surface area (Å²) in [4.78, 5) is 12.7. The van der Waals surface area contributed by atoms with Gasteiger partial charge in [-0.2, -0.15) is 0 Å². The SMILES string of the molecule is O=C(/C=C/c1cc2ccccc2c2ccccc12)c1ccc2c(c1)CCO2. The Balaban J connectivity index is 1.56. The number of hydrogen-bond acceptors (Lipinski definition) is 2. The number of fused-ring (bicyclic) bond motifs is 4. The molecule has 0 aromatic heterocycles. The second-order valence-corrected chi connectivity index (χ2v) is 6.85. The van der Waals surface area contributed by atoms with Gasteiger partial charge in [-0.05, 0) is 63.0 Å². The molecule has 0 unspecified atom stereocenters. The minimum absolute atomic E-state index is 0.0157. The van der Waals surface area contributed by atoms with Gasteiger partial charge in [0.25, 0.3) is 0 Å². The minimum Gasteiger partial charge on any atom is -0.493 e. The average molecular weight is 350 g/mol. The maximum atomic E-state index is 12.7. The minimum atomic E-state index is 0.0157. The number of rotatable bonds is 3. The zero-order valence-corrected chi connectivity index (χ0v) is 14.8. The number of carbonyl (C=O) groups is 1. The van der Waals surface area contributed by atoms with Gasteiger partial charge in [-0.15, -0.1) is 0 Å². The Morgan fingerprint density at radius 3 is 2.52 bits per heavy atom. The van der Waals surface area contributed by atoms with E-state index < -0.39 is 0 Å². The van der Waals surface area contributed by atoms with E-state index in [4.69, 9.17) is 4.74 Å². The summed E-state index contributed by atoms with van der Waals surface area (Å²) >= 11 is 0. The second kappa shape index (κ2) is 6.40. The molecule has 0 aliphatic carbocycles. The van der Waals surface area contributed by atoms with Crippen molar-refractivity contribution in [2.24, 2.45) is 0 Å². The molecule has 1 aliphatic rings. The summed E-state index contributed by atoms with van der Waals surface area (Å²) < 4.78 is 5.52. The molecule has 0 spiro atoms. The number of ether oxygens (including phenoxy) is 1. The van der Waals surface area contributed by atoms with Crippen molar-refractivity contribution >= 4 is 33.4 Å². The van der Waals surface area contributed by atoms with Crippen LogP contribution in [0.1, 0.15) is 21.5 Å². The molecule has 4 aromatic carbocycles. The van der Waals surface area contributed by atoms with Gasteiger partial charge in [0.2, 0.25) is 0 Å². The van der Waals surface area contributed by atoms with Gasteiger partial charge in [-0.25, -0.2) is 0 Å². The molecule has 0 radical (unpaired) electrons. The highest BCUT2D eigenvalue weighted by atomic mass is 16.5. The van der Waals surface area contributed by atoms with E-state index in [-0.39, 0.29) is 5.78 Å². The van der Waals surface area contributed by atoms with Crippen LogP contribution >= 0.6 is 0 Å². The fourth-order valence-electron chi connectivity index (χ4n) is 3.82. The van der Waals surface area contributed by atoms with Crippen LogP contribution in [0.5, 0.6) is 5.75 Å². The van der Waals surface area contributed by atoms with Crippen LogP contribution in [-0.4, -0.2) is 12.4 Å². The van der Waals surface area contributed by atoms with Gasteiger partial charge >= 0.3 is 0 Å². The summed E-state index contributed by atoms with van der Waals surface area (Å²) in [5.74, 6) is 0.915. The Labute approximate surface area is 157 Å². The van der Waals surface area contributed by atoms with Gasteiger partial charge in [-0.1, -0.05) is 54.6 Å². The lowest BCUT2D eigenvalue weighted by Crippen LogP contribution is -1.95. The molecule has 0 amide bonds. The molecule has 1 heterocycles. The van der Waals surface area contributed by atoms with Gasteiger partial charge in [0, 0.05) is 12.0 Å². The molecule has 0 saturated carbocycles. The van der Waals surface area contributed by atoms with Crippen LogP contribution in [0, 0.1) is 0 Å². The Hall–Kier alpha value is -3.39. The van der Waals surface area contributed by atoms with E-state index in [1.54, 1.807) is 6.08 Å². The summed E-state index contributed by atoms with van der Waals surface area (Å²) in [5, 5.41) is 4.77. The highest BCUT2D eigenvalue weighted by Crippen LogP contribution is 2.30. The average Bonchev–Trinajstić information content (AvgIpc) is 3.19. The molecule has 0 fully saturated rings. The monoisotopic (exact) mass is 350 g/mol. The third-order valence-corrected chi connectivity index (χ3v) is 5.19. The van der Waals surface area contributed by atoms with Crippen molar-refractivity contribution in [3.8, 4) is 5.75 Å². The van der Waals surface area contributed by atoms with Crippen molar-refractivity contribution in [2.75, 3.05) is 6.61 Å². The lowest BCUT2D eigenvalue weighted by molar-refractivity contribution is 0.104. The first-order valence-corrected chi connectivity index (χ1v) is 9.18. The van der Waals surface area contributed by atoms with Crippen LogP contribution < -0.4 is 4.74 Å². The first-order valence-electron chi connectivity index (χ1n) is 9.18. The molecule has 0 N–H and O–H groups in total. The normalized spacial score (nSPS) is 13.2. The van der Waals surface area contributed by atoms with Crippen molar-refractivity contribution in [1.82, 2.24) is 0 Å². The molecule has 0 atom stereocenters. The largest absolute Gasteiger partial charge is 0.493 e. The van der Waals surface area contributed by atoms with Gasteiger partial charge in [0.1, 0.15) is 5.75 Å². The second-order valence-electron chi connectivity index (χ2n) is 6.85. The predicted molar refractivity (Wildman–Crippen MR) is 110 cm³/mol. The van der Waals surface area contributed by atoms with E-state index in [1.807, 2.05) is 36.4 Å². The molecule has 130 valence electrons. The molecule has 4 aromatic rings. The molecule has 5 rings (SSSR count). The highest BCUT2D eigenvalue weighted by molar-refractivity contribution is 6.13. The molecule has 0 bridgehead atoms. The maximum Gasteiger partial charge on any atom is 0.185 e. The number of benzene rings is 4. The van der Waals surface area contributed by atoms with Gasteiger partial charge in [-0.3, -0.25) is 4.79 Å². The molecule has 0 saturated heterocycles. The number of hydrogen-bond donors (Lipinski definition) is 0. The summed E-state index contributed by atoms with van der Waals surface area (Å²) in [6, 6.07) is 24.5. The van der Waals surface area contributed by atoms with Gasteiger partial charge in [0.05, 0.1) is 6.61 Å². The Kier molecular flexibility index (Phi) is 3.75. The van der Waals surface area contributed by atoms with Crippen molar-refractivity contribution in [1.29, 1.82) is 0 Å². The van der Waals surface area contributed by atoms with E-state index in [0.717, 1.165) is 28.7 Å². The molecule has 27 heavy (non-hydrogen) atoms. The lowest BCUT2D eigenvalue weighted by Gasteiger charge is -2.07. The third kappa shape index (κ3) is 2.80. The number of allylic oxidation sites excluding steroid dienone is 1. The molecule has 2 nitrogen and oxygen atoms in total. The summed E-state index contributed by atoms with van der Waals surface area (Å²) in [5.41, 5.74) is 2.88. The van der Waals surface area contributed by atoms with Crippen LogP contribution in [0.2, 0.25) is 0 Å². The topological polar surface area (TPSA) is 26.3 Å². The first-order chi connectivity index (χ1) is 13.3. The van der Waals surface area contributed by atoms with Crippen molar-refractivity contribution in [3.05, 3.63) is 95.6 Å². The Bertz CT molecular complexity index is 1220. The number of carbonyl (C=O) groups excluding carboxylic acids is 1. The van der Waals surface area contributed by atoms with Gasteiger partial charge < -0.3 is 4.74 Å². The quantitative estimate of drug-likeness (QED) is 0.264.